The number of sulfone groups is 1. The quantitative estimate of drug-likeness (QED) is 0.566. The van der Waals surface area contributed by atoms with Crippen LogP contribution in [0.5, 0.6) is 5.75 Å². The maximum absolute atomic E-state index is 12.3. The summed E-state index contributed by atoms with van der Waals surface area (Å²) in [6, 6.07) is 13.5. The van der Waals surface area contributed by atoms with Gasteiger partial charge in [0.2, 0.25) is 5.91 Å². The molecule has 0 spiro atoms. The summed E-state index contributed by atoms with van der Waals surface area (Å²) < 4.78 is 28.4. The molecule has 0 atom stereocenters. The first-order valence-electron chi connectivity index (χ1n) is 10.1. The van der Waals surface area contributed by atoms with E-state index in [1.807, 2.05) is 26.0 Å². The Labute approximate surface area is 184 Å². The molecule has 2 aromatic rings. The van der Waals surface area contributed by atoms with Crippen molar-refractivity contribution < 1.29 is 22.7 Å². The Kier molecular flexibility index (Phi) is 8.62. The molecule has 7 nitrogen and oxygen atoms in total. The Morgan fingerprint density at radius 3 is 2.19 bits per heavy atom. The van der Waals surface area contributed by atoms with Crippen molar-refractivity contribution in [1.29, 1.82) is 0 Å². The number of ether oxygens (including phenoxy) is 1. The minimum Gasteiger partial charge on any atom is -0.494 e. The number of carbonyl (C=O) groups is 2. The Morgan fingerprint density at radius 2 is 1.65 bits per heavy atom. The molecule has 0 aliphatic heterocycles. The van der Waals surface area contributed by atoms with Crippen molar-refractivity contribution in [3.8, 4) is 5.75 Å². The normalized spacial score (nSPS) is 11.3. The largest absolute Gasteiger partial charge is 0.494 e. The molecule has 0 aromatic heterocycles. The fourth-order valence-corrected chi connectivity index (χ4v) is 3.33. The van der Waals surface area contributed by atoms with Gasteiger partial charge >= 0.3 is 0 Å². The predicted octanol–water partition coefficient (Wildman–Crippen LogP) is 3.05. The van der Waals surface area contributed by atoms with E-state index in [0.717, 1.165) is 11.8 Å². The molecule has 8 heteroatoms. The molecule has 0 fully saturated rings. The zero-order chi connectivity index (χ0) is 23.0. The highest BCUT2D eigenvalue weighted by Gasteiger charge is 2.14. The Hall–Kier alpha value is -2.87. The average molecular weight is 447 g/mol. The Morgan fingerprint density at radius 1 is 1.03 bits per heavy atom. The van der Waals surface area contributed by atoms with Crippen LogP contribution in [0.3, 0.4) is 0 Å². The first kappa shape index (κ1) is 24.4. The molecule has 31 heavy (non-hydrogen) atoms. The van der Waals surface area contributed by atoms with Crippen LogP contribution >= 0.6 is 0 Å². The van der Waals surface area contributed by atoms with Crippen LogP contribution in [0.25, 0.3) is 0 Å². The van der Waals surface area contributed by atoms with Crippen LogP contribution in [0.2, 0.25) is 0 Å². The number of carbonyl (C=O) groups excluding carboxylic acids is 2. The van der Waals surface area contributed by atoms with Gasteiger partial charge < -0.3 is 15.0 Å². The van der Waals surface area contributed by atoms with E-state index in [1.165, 1.54) is 12.1 Å². The first-order chi connectivity index (χ1) is 14.6. The lowest BCUT2D eigenvalue weighted by molar-refractivity contribution is -0.121. The van der Waals surface area contributed by atoms with E-state index >= 15 is 0 Å². The molecule has 0 unspecified atom stereocenters. The van der Waals surface area contributed by atoms with Crippen molar-refractivity contribution in [1.82, 2.24) is 10.2 Å². The SMILES string of the molecule is CC(C)N(C)C(=O)c1ccc(CNC(=O)CCCOc2ccc(S(C)(=O)=O)cc2)cc1. The molecule has 1 N–H and O–H groups in total. The topological polar surface area (TPSA) is 92.8 Å². The molecule has 0 aliphatic rings. The summed E-state index contributed by atoms with van der Waals surface area (Å²) >= 11 is 0. The van der Waals surface area contributed by atoms with Crippen LogP contribution in [-0.4, -0.2) is 51.1 Å². The summed E-state index contributed by atoms with van der Waals surface area (Å²) in [4.78, 5) is 26.2. The second kappa shape index (κ2) is 10.9. The number of nitrogens with zero attached hydrogens (tertiary/aromatic N) is 1. The first-order valence-corrected chi connectivity index (χ1v) is 12.0. The Bertz CT molecular complexity index is 984. The zero-order valence-corrected chi connectivity index (χ0v) is 19.2. The Balaban J connectivity index is 1.70. The fraction of sp³-hybridized carbons (Fsp3) is 0.391. The van der Waals surface area contributed by atoms with Gasteiger partial charge in [0.05, 0.1) is 11.5 Å². The lowest BCUT2D eigenvalue weighted by atomic mass is 10.1. The zero-order valence-electron chi connectivity index (χ0n) is 18.4. The highest BCUT2D eigenvalue weighted by molar-refractivity contribution is 7.90. The van der Waals surface area contributed by atoms with Crippen molar-refractivity contribution in [2.75, 3.05) is 19.9 Å². The van der Waals surface area contributed by atoms with Crippen molar-refractivity contribution in [2.45, 2.75) is 44.2 Å². The highest BCUT2D eigenvalue weighted by Crippen LogP contribution is 2.16. The third-order valence-electron chi connectivity index (χ3n) is 4.85. The maximum atomic E-state index is 12.3. The number of hydrogen-bond acceptors (Lipinski definition) is 5. The summed E-state index contributed by atoms with van der Waals surface area (Å²) in [5, 5.41) is 2.85. The molecule has 168 valence electrons. The van der Waals surface area contributed by atoms with Gasteiger partial charge in [0.15, 0.2) is 9.84 Å². The van der Waals surface area contributed by atoms with Crippen LogP contribution in [0.1, 0.15) is 42.6 Å². The van der Waals surface area contributed by atoms with Gasteiger partial charge in [-0.1, -0.05) is 12.1 Å². The summed E-state index contributed by atoms with van der Waals surface area (Å²) in [7, 11) is -1.45. The van der Waals surface area contributed by atoms with E-state index in [4.69, 9.17) is 4.74 Å². The number of amides is 2. The molecule has 0 aliphatic carbocycles. The minimum atomic E-state index is -3.23. The van der Waals surface area contributed by atoms with Gasteiger partial charge in [0, 0.05) is 37.9 Å². The van der Waals surface area contributed by atoms with Crippen molar-refractivity contribution in [2.24, 2.45) is 0 Å². The monoisotopic (exact) mass is 446 g/mol. The number of nitrogens with one attached hydrogen (secondary N) is 1. The predicted molar refractivity (Wildman–Crippen MR) is 120 cm³/mol. The van der Waals surface area contributed by atoms with Crippen molar-refractivity contribution >= 4 is 21.7 Å². The van der Waals surface area contributed by atoms with Gasteiger partial charge in [0.25, 0.3) is 5.91 Å². The summed E-state index contributed by atoms with van der Waals surface area (Å²) in [5.74, 6) is 0.442. The molecular weight excluding hydrogens is 416 g/mol. The van der Waals surface area contributed by atoms with Gasteiger partial charge in [-0.05, 0) is 62.2 Å². The van der Waals surface area contributed by atoms with E-state index in [9.17, 15) is 18.0 Å². The fourth-order valence-electron chi connectivity index (χ4n) is 2.70. The van der Waals surface area contributed by atoms with Gasteiger partial charge in [-0.25, -0.2) is 8.42 Å². The van der Waals surface area contributed by atoms with Crippen molar-refractivity contribution in [3.05, 3.63) is 59.7 Å². The summed E-state index contributed by atoms with van der Waals surface area (Å²) in [6.07, 6.45) is 2.01. The highest BCUT2D eigenvalue weighted by atomic mass is 32.2. The summed E-state index contributed by atoms with van der Waals surface area (Å²) in [6.45, 7) is 4.66. The lowest BCUT2D eigenvalue weighted by Crippen LogP contribution is -2.32. The number of rotatable bonds is 10. The standard InChI is InChI=1S/C23H30N2O5S/c1-17(2)25(3)23(27)19-9-7-18(8-10-19)16-24-22(26)6-5-15-30-20-11-13-21(14-12-20)31(4,28)29/h7-14,17H,5-6,15-16H2,1-4H3,(H,24,26). The second-order valence-corrected chi connectivity index (χ2v) is 9.69. The number of hydrogen-bond donors (Lipinski definition) is 1. The van der Waals surface area contributed by atoms with Crippen LogP contribution < -0.4 is 10.1 Å². The van der Waals surface area contributed by atoms with E-state index in [1.54, 1.807) is 36.2 Å². The molecule has 2 aromatic carbocycles. The second-order valence-electron chi connectivity index (χ2n) is 7.68. The minimum absolute atomic E-state index is 0.0310. The molecule has 2 amide bonds. The van der Waals surface area contributed by atoms with Gasteiger partial charge in [0.1, 0.15) is 5.75 Å². The third-order valence-corrected chi connectivity index (χ3v) is 5.98. The van der Waals surface area contributed by atoms with Gasteiger partial charge in [-0.15, -0.1) is 0 Å². The van der Waals surface area contributed by atoms with Crippen LogP contribution in [0, 0.1) is 0 Å². The van der Waals surface area contributed by atoms with Gasteiger partial charge in [-0.3, -0.25) is 9.59 Å². The maximum Gasteiger partial charge on any atom is 0.253 e. The van der Waals surface area contributed by atoms with E-state index in [0.29, 0.717) is 37.3 Å². The molecule has 2 rings (SSSR count). The molecular formula is C23H30N2O5S. The van der Waals surface area contributed by atoms with E-state index < -0.39 is 9.84 Å². The summed E-state index contributed by atoms with van der Waals surface area (Å²) in [5.41, 5.74) is 1.53. The average Bonchev–Trinajstić information content (AvgIpc) is 2.74. The smallest absolute Gasteiger partial charge is 0.253 e. The third kappa shape index (κ3) is 7.71. The van der Waals surface area contributed by atoms with Crippen molar-refractivity contribution in [3.63, 3.8) is 0 Å². The van der Waals surface area contributed by atoms with Crippen LogP contribution in [-0.2, 0) is 21.2 Å². The molecule has 0 heterocycles. The van der Waals surface area contributed by atoms with E-state index in [2.05, 4.69) is 5.32 Å². The lowest BCUT2D eigenvalue weighted by Gasteiger charge is -2.21. The van der Waals surface area contributed by atoms with E-state index in [-0.39, 0.29) is 22.8 Å². The molecule has 0 saturated carbocycles. The van der Waals surface area contributed by atoms with Gasteiger partial charge in [-0.2, -0.15) is 0 Å². The van der Waals surface area contributed by atoms with Crippen LogP contribution in [0.4, 0.5) is 0 Å². The molecule has 0 saturated heterocycles. The number of benzene rings is 2. The van der Waals surface area contributed by atoms with Crippen LogP contribution in [0.15, 0.2) is 53.4 Å². The molecule has 0 bridgehead atoms. The molecule has 0 radical (unpaired) electrons.